The van der Waals surface area contributed by atoms with Crippen LogP contribution in [-0.4, -0.2) is 13.5 Å². The maximum absolute atomic E-state index is 11.2. The minimum absolute atomic E-state index is 0.0613. The molecule has 2 aromatic rings. The van der Waals surface area contributed by atoms with Gasteiger partial charge in [0.25, 0.3) is 0 Å². The van der Waals surface area contributed by atoms with E-state index in [2.05, 4.69) is 16.7 Å². The molecule has 0 aromatic heterocycles. The van der Waals surface area contributed by atoms with Gasteiger partial charge in [-0.3, -0.25) is 0 Å². The largest absolute Gasteiger partial charge is 0.332 e. The smallest absolute Gasteiger partial charge is 0.238 e. The number of thiocarbonyl (C=S) groups is 1. The van der Waals surface area contributed by atoms with Crippen LogP contribution in [0, 0.1) is 13.8 Å². The van der Waals surface area contributed by atoms with Crippen LogP contribution < -0.4 is 15.8 Å². The van der Waals surface area contributed by atoms with Gasteiger partial charge < -0.3 is 10.6 Å². The van der Waals surface area contributed by atoms with Crippen LogP contribution in [0.4, 0.5) is 11.4 Å². The highest BCUT2D eigenvalue weighted by atomic mass is 32.2. The number of aryl methyl sites for hydroxylation is 2. The Morgan fingerprint density at radius 1 is 0.955 bits per heavy atom. The van der Waals surface area contributed by atoms with Crippen LogP contribution in [0.15, 0.2) is 47.4 Å². The maximum Gasteiger partial charge on any atom is 0.238 e. The first kappa shape index (κ1) is 16.4. The zero-order chi connectivity index (χ0) is 16.3. The molecule has 0 amide bonds. The summed E-state index contributed by atoms with van der Waals surface area (Å²) in [6.45, 7) is 4.03. The van der Waals surface area contributed by atoms with E-state index in [1.165, 1.54) is 12.1 Å². The molecule has 0 aliphatic heterocycles. The number of sulfonamides is 1. The number of nitrogens with one attached hydrogen (secondary N) is 2. The second-order valence-electron chi connectivity index (χ2n) is 5.02. The average Bonchev–Trinajstić information content (AvgIpc) is 2.36. The molecule has 0 spiro atoms. The highest BCUT2D eigenvalue weighted by Gasteiger charge is 2.07. The molecule has 0 radical (unpaired) electrons. The van der Waals surface area contributed by atoms with Crippen molar-refractivity contribution in [1.29, 1.82) is 0 Å². The number of hydrogen-bond donors (Lipinski definition) is 3. The summed E-state index contributed by atoms with van der Waals surface area (Å²) >= 11 is 5.25. The molecule has 0 aliphatic carbocycles. The molecule has 2 aromatic carbocycles. The summed E-state index contributed by atoms with van der Waals surface area (Å²) in [5, 5.41) is 11.6. The van der Waals surface area contributed by atoms with Gasteiger partial charge in [-0.15, -0.1) is 0 Å². The Bertz CT molecular complexity index is 780. The molecule has 2 rings (SSSR count). The van der Waals surface area contributed by atoms with Gasteiger partial charge in [0.05, 0.1) is 4.90 Å². The molecular weight excluding hydrogens is 318 g/mol. The van der Waals surface area contributed by atoms with Gasteiger partial charge in [-0.1, -0.05) is 6.07 Å². The Morgan fingerprint density at radius 2 is 1.45 bits per heavy atom. The highest BCUT2D eigenvalue weighted by Crippen LogP contribution is 2.16. The van der Waals surface area contributed by atoms with Crippen molar-refractivity contribution in [3.63, 3.8) is 0 Å². The predicted molar refractivity (Wildman–Crippen MR) is 93.6 cm³/mol. The van der Waals surface area contributed by atoms with Crippen molar-refractivity contribution in [2.75, 3.05) is 10.6 Å². The summed E-state index contributed by atoms with van der Waals surface area (Å²) in [4.78, 5) is 0.0613. The SMILES string of the molecule is Cc1cc(C)cc(NC(=S)Nc2ccc(S(N)(=O)=O)cc2)c1. The van der Waals surface area contributed by atoms with Crippen molar-refractivity contribution in [3.8, 4) is 0 Å². The third-order valence-corrected chi connectivity index (χ3v) is 4.05. The molecular formula is C15H17N3O2S2. The third-order valence-electron chi connectivity index (χ3n) is 2.92. The number of rotatable bonds is 3. The third kappa shape index (κ3) is 4.52. The zero-order valence-corrected chi connectivity index (χ0v) is 13.9. The van der Waals surface area contributed by atoms with Gasteiger partial charge in [0, 0.05) is 11.4 Å². The van der Waals surface area contributed by atoms with Gasteiger partial charge in [-0.05, 0) is 73.6 Å². The number of primary sulfonamides is 1. The molecule has 4 N–H and O–H groups in total. The molecule has 0 bridgehead atoms. The van der Waals surface area contributed by atoms with E-state index in [1.807, 2.05) is 26.0 Å². The Balaban J connectivity index is 2.06. The van der Waals surface area contributed by atoms with Crippen LogP contribution in [0.1, 0.15) is 11.1 Å². The topological polar surface area (TPSA) is 84.2 Å². The number of benzene rings is 2. The molecule has 0 unspecified atom stereocenters. The van der Waals surface area contributed by atoms with E-state index in [0.717, 1.165) is 16.8 Å². The minimum atomic E-state index is -3.68. The van der Waals surface area contributed by atoms with Crippen LogP contribution in [0.5, 0.6) is 0 Å². The number of hydrogen-bond acceptors (Lipinski definition) is 3. The predicted octanol–water partition coefficient (Wildman–Crippen LogP) is 2.76. The molecule has 116 valence electrons. The molecule has 7 heteroatoms. The number of nitrogens with two attached hydrogens (primary N) is 1. The molecule has 0 saturated carbocycles. The van der Waals surface area contributed by atoms with Gasteiger partial charge in [0.2, 0.25) is 10.0 Å². The van der Waals surface area contributed by atoms with E-state index in [4.69, 9.17) is 17.4 Å². The fourth-order valence-electron chi connectivity index (χ4n) is 2.07. The molecule has 0 atom stereocenters. The lowest BCUT2D eigenvalue weighted by molar-refractivity contribution is 0.598. The van der Waals surface area contributed by atoms with Crippen LogP contribution >= 0.6 is 12.2 Å². The van der Waals surface area contributed by atoms with Gasteiger partial charge >= 0.3 is 0 Å². The van der Waals surface area contributed by atoms with Crippen molar-refractivity contribution < 1.29 is 8.42 Å². The average molecular weight is 335 g/mol. The fourth-order valence-corrected chi connectivity index (χ4v) is 2.82. The quantitative estimate of drug-likeness (QED) is 0.751. The van der Waals surface area contributed by atoms with E-state index >= 15 is 0 Å². The van der Waals surface area contributed by atoms with Crippen molar-refractivity contribution in [2.45, 2.75) is 18.7 Å². The van der Waals surface area contributed by atoms with Gasteiger partial charge in [-0.25, -0.2) is 13.6 Å². The standard InChI is InChI=1S/C15H17N3O2S2/c1-10-7-11(2)9-13(8-10)18-15(21)17-12-3-5-14(6-4-12)22(16,19)20/h3-9H,1-2H3,(H2,16,19,20)(H2,17,18,21). The van der Waals surface area contributed by atoms with Crippen molar-refractivity contribution in [2.24, 2.45) is 5.14 Å². The summed E-state index contributed by atoms with van der Waals surface area (Å²) in [5.74, 6) is 0. The Morgan fingerprint density at radius 3 is 1.95 bits per heavy atom. The van der Waals surface area contributed by atoms with E-state index in [-0.39, 0.29) is 4.90 Å². The van der Waals surface area contributed by atoms with Crippen LogP contribution in [0.2, 0.25) is 0 Å². The van der Waals surface area contributed by atoms with Crippen molar-refractivity contribution in [3.05, 3.63) is 53.6 Å². The Hall–Kier alpha value is -1.96. The molecule has 0 heterocycles. The first-order valence-electron chi connectivity index (χ1n) is 6.53. The minimum Gasteiger partial charge on any atom is -0.332 e. The van der Waals surface area contributed by atoms with Crippen LogP contribution in [0.25, 0.3) is 0 Å². The lowest BCUT2D eigenvalue weighted by atomic mass is 10.1. The molecule has 0 fully saturated rings. The summed E-state index contributed by atoms with van der Waals surface area (Å²) in [5.41, 5.74) is 3.86. The van der Waals surface area contributed by atoms with E-state index in [0.29, 0.717) is 10.8 Å². The maximum atomic E-state index is 11.2. The van der Waals surface area contributed by atoms with Gasteiger partial charge in [-0.2, -0.15) is 0 Å². The van der Waals surface area contributed by atoms with Crippen molar-refractivity contribution in [1.82, 2.24) is 0 Å². The summed E-state index contributed by atoms with van der Waals surface area (Å²) in [7, 11) is -3.68. The number of anilines is 2. The molecule has 22 heavy (non-hydrogen) atoms. The van der Waals surface area contributed by atoms with Crippen LogP contribution in [-0.2, 0) is 10.0 Å². The fraction of sp³-hybridized carbons (Fsp3) is 0.133. The molecule has 5 nitrogen and oxygen atoms in total. The van der Waals surface area contributed by atoms with E-state index in [1.54, 1.807) is 12.1 Å². The zero-order valence-electron chi connectivity index (χ0n) is 12.3. The highest BCUT2D eigenvalue weighted by molar-refractivity contribution is 7.89. The molecule has 0 aliphatic rings. The van der Waals surface area contributed by atoms with Crippen LogP contribution in [0.3, 0.4) is 0 Å². The second kappa shape index (κ2) is 6.43. The first-order valence-corrected chi connectivity index (χ1v) is 8.49. The van der Waals surface area contributed by atoms with Crippen molar-refractivity contribution >= 4 is 38.7 Å². The molecule has 0 saturated heterocycles. The second-order valence-corrected chi connectivity index (χ2v) is 6.99. The Labute approximate surface area is 135 Å². The summed E-state index contributed by atoms with van der Waals surface area (Å²) < 4.78 is 22.4. The van der Waals surface area contributed by atoms with Gasteiger partial charge in [0.1, 0.15) is 0 Å². The first-order chi connectivity index (χ1) is 10.2. The Kier molecular flexibility index (Phi) is 4.80. The lowest BCUT2D eigenvalue weighted by Crippen LogP contribution is -2.19. The normalized spacial score (nSPS) is 11.0. The van der Waals surface area contributed by atoms with Gasteiger partial charge in [0.15, 0.2) is 5.11 Å². The lowest BCUT2D eigenvalue weighted by Gasteiger charge is -2.12. The summed E-state index contributed by atoms with van der Waals surface area (Å²) in [6, 6.07) is 12.1. The van der Waals surface area contributed by atoms with E-state index < -0.39 is 10.0 Å². The monoisotopic (exact) mass is 335 g/mol. The van der Waals surface area contributed by atoms with E-state index in [9.17, 15) is 8.42 Å². The summed E-state index contributed by atoms with van der Waals surface area (Å²) in [6.07, 6.45) is 0.